The Morgan fingerprint density at radius 2 is 1.88 bits per heavy atom. The van der Waals surface area contributed by atoms with E-state index < -0.39 is 20.6 Å². The number of hydrogen-bond acceptors (Lipinski definition) is 6. The summed E-state index contributed by atoms with van der Waals surface area (Å²) in [7, 11) is -3.82. The first-order chi connectivity index (χ1) is 12.4. The second-order valence-corrected chi connectivity index (χ2v) is 7.76. The first-order valence-corrected chi connectivity index (χ1v) is 9.43. The van der Waals surface area contributed by atoms with Gasteiger partial charge in [-0.1, -0.05) is 12.1 Å². The summed E-state index contributed by atoms with van der Waals surface area (Å²) in [6.45, 7) is 2.92. The second-order valence-electron chi connectivity index (χ2n) is 5.82. The highest BCUT2D eigenvalue weighted by Crippen LogP contribution is 2.34. The molecule has 138 valence electrons. The van der Waals surface area contributed by atoms with E-state index in [0.29, 0.717) is 19.0 Å². The van der Waals surface area contributed by atoms with Crippen LogP contribution in [0.25, 0.3) is 0 Å². The molecule has 26 heavy (non-hydrogen) atoms. The van der Waals surface area contributed by atoms with Gasteiger partial charge in [-0.15, -0.1) is 0 Å². The Labute approximate surface area is 151 Å². The first kappa shape index (κ1) is 18.3. The van der Waals surface area contributed by atoms with Crippen molar-refractivity contribution >= 4 is 15.7 Å². The van der Waals surface area contributed by atoms with Gasteiger partial charge < -0.3 is 9.47 Å². The maximum absolute atomic E-state index is 12.7. The molecule has 2 aromatic carbocycles. The SMILES string of the molecule is Cc1cccc(Oc2ccc(S(=O)(=O)N3CCOCC3)cc2[N+](=O)[O-])c1. The molecule has 0 spiro atoms. The topological polar surface area (TPSA) is 99.0 Å². The Kier molecular flexibility index (Phi) is 5.21. The van der Waals surface area contributed by atoms with Crippen molar-refractivity contribution in [2.75, 3.05) is 26.3 Å². The summed E-state index contributed by atoms with van der Waals surface area (Å²) >= 11 is 0. The van der Waals surface area contributed by atoms with Gasteiger partial charge in [0.25, 0.3) is 0 Å². The number of nitro groups is 1. The van der Waals surface area contributed by atoms with Gasteiger partial charge in [0, 0.05) is 19.2 Å². The van der Waals surface area contributed by atoms with Gasteiger partial charge in [0.05, 0.1) is 23.0 Å². The molecule has 1 aliphatic rings. The average Bonchev–Trinajstić information content (AvgIpc) is 2.62. The molecule has 0 unspecified atom stereocenters. The first-order valence-electron chi connectivity index (χ1n) is 7.99. The van der Waals surface area contributed by atoms with E-state index in [4.69, 9.17) is 9.47 Å². The lowest BCUT2D eigenvalue weighted by Gasteiger charge is -2.26. The molecule has 0 aliphatic carbocycles. The number of ether oxygens (including phenoxy) is 2. The van der Waals surface area contributed by atoms with Crippen molar-refractivity contribution < 1.29 is 22.8 Å². The fraction of sp³-hybridized carbons (Fsp3) is 0.294. The van der Waals surface area contributed by atoms with E-state index in [1.54, 1.807) is 18.2 Å². The summed E-state index contributed by atoms with van der Waals surface area (Å²) in [6, 6.07) is 10.7. The van der Waals surface area contributed by atoms with Crippen LogP contribution in [0, 0.1) is 17.0 Å². The van der Waals surface area contributed by atoms with Crippen molar-refractivity contribution in [1.29, 1.82) is 0 Å². The lowest BCUT2D eigenvalue weighted by molar-refractivity contribution is -0.385. The van der Waals surface area contributed by atoms with Gasteiger partial charge in [0.1, 0.15) is 5.75 Å². The number of benzene rings is 2. The molecule has 1 aliphatic heterocycles. The minimum atomic E-state index is -3.82. The molecule has 3 rings (SSSR count). The predicted molar refractivity (Wildman–Crippen MR) is 93.9 cm³/mol. The molecular weight excluding hydrogens is 360 g/mol. The Balaban J connectivity index is 1.95. The highest BCUT2D eigenvalue weighted by molar-refractivity contribution is 7.89. The molecule has 0 radical (unpaired) electrons. The van der Waals surface area contributed by atoms with E-state index in [2.05, 4.69) is 0 Å². The van der Waals surface area contributed by atoms with Gasteiger partial charge in [0.15, 0.2) is 0 Å². The summed E-state index contributed by atoms with van der Waals surface area (Å²) in [5.41, 5.74) is 0.539. The third-order valence-corrected chi connectivity index (χ3v) is 5.85. The fourth-order valence-electron chi connectivity index (χ4n) is 2.63. The molecule has 1 heterocycles. The summed E-state index contributed by atoms with van der Waals surface area (Å²) in [4.78, 5) is 10.6. The van der Waals surface area contributed by atoms with Crippen LogP contribution >= 0.6 is 0 Å². The standard InChI is InChI=1S/C17H18N2O6S/c1-13-3-2-4-14(11-13)25-17-6-5-15(12-16(17)19(20)21)26(22,23)18-7-9-24-10-8-18/h2-6,11-12H,7-10H2,1H3. The Hall–Kier alpha value is -2.49. The quantitative estimate of drug-likeness (QED) is 0.586. The van der Waals surface area contributed by atoms with E-state index in [9.17, 15) is 18.5 Å². The van der Waals surface area contributed by atoms with Crippen LogP contribution in [0.4, 0.5) is 5.69 Å². The monoisotopic (exact) mass is 378 g/mol. The minimum Gasteiger partial charge on any atom is -0.450 e. The number of hydrogen-bond donors (Lipinski definition) is 0. The van der Waals surface area contributed by atoms with Crippen molar-refractivity contribution in [2.45, 2.75) is 11.8 Å². The molecule has 0 saturated carbocycles. The van der Waals surface area contributed by atoms with Gasteiger partial charge in [-0.3, -0.25) is 10.1 Å². The zero-order valence-corrected chi connectivity index (χ0v) is 14.9. The van der Waals surface area contributed by atoms with Crippen molar-refractivity contribution in [2.24, 2.45) is 0 Å². The van der Waals surface area contributed by atoms with Gasteiger partial charge in [-0.2, -0.15) is 4.31 Å². The van der Waals surface area contributed by atoms with Crippen LogP contribution in [0.1, 0.15) is 5.56 Å². The van der Waals surface area contributed by atoms with Crippen LogP contribution in [0.15, 0.2) is 47.4 Å². The molecule has 0 amide bonds. The lowest BCUT2D eigenvalue weighted by atomic mass is 10.2. The summed E-state index contributed by atoms with van der Waals surface area (Å²) in [6.07, 6.45) is 0. The maximum atomic E-state index is 12.7. The largest absolute Gasteiger partial charge is 0.450 e. The fourth-order valence-corrected chi connectivity index (χ4v) is 4.06. The van der Waals surface area contributed by atoms with Crippen LogP contribution in [-0.4, -0.2) is 43.9 Å². The van der Waals surface area contributed by atoms with E-state index >= 15 is 0 Å². The highest BCUT2D eigenvalue weighted by Gasteiger charge is 2.29. The summed E-state index contributed by atoms with van der Waals surface area (Å²) < 4.78 is 37.4. The van der Waals surface area contributed by atoms with Crippen LogP contribution in [0.5, 0.6) is 11.5 Å². The summed E-state index contributed by atoms with van der Waals surface area (Å²) in [5, 5.41) is 11.4. The Morgan fingerprint density at radius 1 is 1.15 bits per heavy atom. The van der Waals surface area contributed by atoms with E-state index in [1.165, 1.54) is 16.4 Å². The molecule has 0 N–H and O–H groups in total. The van der Waals surface area contributed by atoms with Crippen molar-refractivity contribution in [3.8, 4) is 11.5 Å². The maximum Gasteiger partial charge on any atom is 0.312 e. The van der Waals surface area contributed by atoms with Gasteiger partial charge in [-0.25, -0.2) is 8.42 Å². The third kappa shape index (κ3) is 3.85. The normalized spacial score (nSPS) is 15.6. The van der Waals surface area contributed by atoms with E-state index in [0.717, 1.165) is 11.6 Å². The zero-order chi connectivity index (χ0) is 18.7. The smallest absolute Gasteiger partial charge is 0.312 e. The van der Waals surface area contributed by atoms with Crippen molar-refractivity contribution in [1.82, 2.24) is 4.31 Å². The molecule has 2 aromatic rings. The number of aryl methyl sites for hydroxylation is 1. The van der Waals surface area contributed by atoms with Crippen LogP contribution in [0.3, 0.4) is 0 Å². The molecule has 1 fully saturated rings. The molecule has 9 heteroatoms. The van der Waals surface area contributed by atoms with Gasteiger partial charge in [0.2, 0.25) is 15.8 Å². The molecule has 8 nitrogen and oxygen atoms in total. The van der Waals surface area contributed by atoms with Crippen LogP contribution < -0.4 is 4.74 Å². The number of nitro benzene ring substituents is 1. The van der Waals surface area contributed by atoms with Gasteiger partial charge in [-0.05, 0) is 36.8 Å². The molecule has 1 saturated heterocycles. The van der Waals surface area contributed by atoms with Gasteiger partial charge >= 0.3 is 5.69 Å². The Morgan fingerprint density at radius 3 is 2.54 bits per heavy atom. The predicted octanol–water partition coefficient (Wildman–Crippen LogP) is 2.72. The van der Waals surface area contributed by atoms with Crippen molar-refractivity contribution in [3.63, 3.8) is 0 Å². The van der Waals surface area contributed by atoms with E-state index in [-0.39, 0.29) is 23.7 Å². The van der Waals surface area contributed by atoms with Crippen LogP contribution in [-0.2, 0) is 14.8 Å². The minimum absolute atomic E-state index is 0.0125. The van der Waals surface area contributed by atoms with E-state index in [1.807, 2.05) is 13.0 Å². The molecule has 0 atom stereocenters. The highest BCUT2D eigenvalue weighted by atomic mass is 32.2. The Bertz CT molecular complexity index is 923. The van der Waals surface area contributed by atoms with Crippen LogP contribution in [0.2, 0.25) is 0 Å². The number of nitrogens with zero attached hydrogens (tertiary/aromatic N) is 2. The van der Waals surface area contributed by atoms with Crippen molar-refractivity contribution in [3.05, 3.63) is 58.1 Å². The average molecular weight is 378 g/mol. The molecule has 0 bridgehead atoms. The molecular formula is C17H18N2O6S. The number of morpholine rings is 1. The zero-order valence-electron chi connectivity index (χ0n) is 14.1. The lowest BCUT2D eigenvalue weighted by Crippen LogP contribution is -2.40. The number of sulfonamides is 1. The number of rotatable bonds is 5. The molecule has 0 aromatic heterocycles. The summed E-state index contributed by atoms with van der Waals surface area (Å²) in [5.74, 6) is 0.429. The second kappa shape index (κ2) is 7.40. The third-order valence-electron chi connectivity index (χ3n) is 3.95.